The van der Waals surface area contributed by atoms with Crippen molar-refractivity contribution in [1.29, 1.82) is 0 Å². The van der Waals surface area contributed by atoms with Gasteiger partial charge in [-0.1, -0.05) is 48.5 Å². The number of nitrogens with zero attached hydrogens (tertiary/aromatic N) is 2. The van der Waals surface area contributed by atoms with Crippen LogP contribution in [0.2, 0.25) is 0 Å². The molecule has 0 atom stereocenters. The second kappa shape index (κ2) is 7.87. The molecule has 4 heteroatoms. The third-order valence-corrected chi connectivity index (χ3v) is 4.57. The number of carbonyl (C=O) groups is 1. The summed E-state index contributed by atoms with van der Waals surface area (Å²) in [4.78, 5) is 11.3. The first-order valence-electron chi connectivity index (χ1n) is 8.98. The molecule has 0 aliphatic carbocycles. The Balaban J connectivity index is 1.45. The minimum absolute atomic E-state index is 0.518. The van der Waals surface area contributed by atoms with Crippen molar-refractivity contribution in [2.75, 3.05) is 6.61 Å². The van der Waals surface area contributed by atoms with Gasteiger partial charge in [-0.05, 0) is 40.1 Å². The van der Waals surface area contributed by atoms with Crippen molar-refractivity contribution in [3.05, 3.63) is 95.8 Å². The third kappa shape index (κ3) is 4.06. The summed E-state index contributed by atoms with van der Waals surface area (Å²) in [6, 6.07) is 22.3. The summed E-state index contributed by atoms with van der Waals surface area (Å²) in [5.41, 5.74) is 2.83. The maximum atomic E-state index is 11.3. The summed E-state index contributed by atoms with van der Waals surface area (Å²) in [6.07, 6.45) is 5.28. The summed E-state index contributed by atoms with van der Waals surface area (Å²) in [6.45, 7) is 1.16. The molecule has 0 fully saturated rings. The molecule has 0 amide bonds. The fourth-order valence-electron chi connectivity index (χ4n) is 3.15. The number of fused-ring (bicyclic) bond motifs is 1. The first-order valence-corrected chi connectivity index (χ1v) is 8.98. The van der Waals surface area contributed by atoms with Crippen LogP contribution in [0.3, 0.4) is 0 Å². The van der Waals surface area contributed by atoms with E-state index >= 15 is 0 Å². The largest absolute Gasteiger partial charge is 0.492 e. The van der Waals surface area contributed by atoms with Crippen LogP contribution in [0.1, 0.15) is 21.5 Å². The lowest BCUT2D eigenvalue weighted by molar-refractivity contribution is 0.111. The summed E-state index contributed by atoms with van der Waals surface area (Å²) < 4.78 is 7.79. The molecule has 134 valence electrons. The van der Waals surface area contributed by atoms with Gasteiger partial charge in [0.1, 0.15) is 5.75 Å². The quantitative estimate of drug-likeness (QED) is 0.457. The van der Waals surface area contributed by atoms with Crippen molar-refractivity contribution < 1.29 is 9.53 Å². The van der Waals surface area contributed by atoms with E-state index in [1.165, 1.54) is 16.3 Å². The van der Waals surface area contributed by atoms with Gasteiger partial charge in [0.15, 0.2) is 6.29 Å². The molecule has 0 bridgehead atoms. The van der Waals surface area contributed by atoms with Crippen LogP contribution in [0.25, 0.3) is 10.8 Å². The van der Waals surface area contributed by atoms with E-state index in [9.17, 15) is 4.79 Å². The molecule has 4 aromatic rings. The van der Waals surface area contributed by atoms with Crippen molar-refractivity contribution in [2.24, 2.45) is 0 Å². The van der Waals surface area contributed by atoms with Crippen LogP contribution in [0.4, 0.5) is 0 Å². The predicted octanol–water partition coefficient (Wildman–Crippen LogP) is 4.52. The van der Waals surface area contributed by atoms with Crippen LogP contribution in [-0.2, 0) is 13.0 Å². The number of carbonyl (C=O) groups excluding carboxylic acids is 1. The third-order valence-electron chi connectivity index (χ3n) is 4.57. The zero-order valence-electron chi connectivity index (χ0n) is 14.9. The molecule has 1 heterocycles. The second-order valence-electron chi connectivity index (χ2n) is 6.47. The highest BCUT2D eigenvalue weighted by Crippen LogP contribution is 2.21. The number of rotatable bonds is 7. The molecule has 0 N–H and O–H groups in total. The molecule has 0 aliphatic rings. The smallest absolute Gasteiger partial charge is 0.153 e. The lowest BCUT2D eigenvalue weighted by Gasteiger charge is -2.11. The highest BCUT2D eigenvalue weighted by molar-refractivity contribution is 5.83. The molecule has 3 aromatic carbocycles. The predicted molar refractivity (Wildman–Crippen MR) is 106 cm³/mol. The summed E-state index contributed by atoms with van der Waals surface area (Å²) >= 11 is 0. The molecule has 1 aromatic heterocycles. The van der Waals surface area contributed by atoms with Gasteiger partial charge in [0, 0.05) is 18.8 Å². The van der Waals surface area contributed by atoms with E-state index in [1.54, 1.807) is 12.3 Å². The topological polar surface area (TPSA) is 44.1 Å². The standard InChI is InChI=1S/C23H20N2O2/c26-17-22-9-7-19(16-25-12-3-11-24-25)15-23(22)27-13-10-18-6-8-20-4-1-2-5-21(20)14-18/h1-9,11-12,14-15,17H,10,13,16H2. The molecular formula is C23H20N2O2. The van der Waals surface area contributed by atoms with Gasteiger partial charge in [-0.15, -0.1) is 0 Å². The average Bonchev–Trinajstić information content (AvgIpc) is 3.21. The van der Waals surface area contributed by atoms with Crippen LogP contribution in [0.5, 0.6) is 5.75 Å². The van der Waals surface area contributed by atoms with E-state index in [4.69, 9.17) is 4.74 Å². The number of aldehydes is 1. The van der Waals surface area contributed by atoms with E-state index in [0.29, 0.717) is 24.5 Å². The Bertz CT molecular complexity index is 1060. The normalized spacial score (nSPS) is 10.8. The molecule has 4 rings (SSSR count). The molecule has 0 aliphatic heterocycles. The lowest BCUT2D eigenvalue weighted by Crippen LogP contribution is -2.05. The number of hydrogen-bond acceptors (Lipinski definition) is 3. The molecule has 4 nitrogen and oxygen atoms in total. The number of aromatic nitrogens is 2. The molecular weight excluding hydrogens is 336 g/mol. The maximum absolute atomic E-state index is 11.3. The van der Waals surface area contributed by atoms with Crippen LogP contribution in [0, 0.1) is 0 Å². The first kappa shape index (κ1) is 17.0. The SMILES string of the molecule is O=Cc1ccc(Cn2cccn2)cc1OCCc1ccc2ccccc2c1. The zero-order chi connectivity index (χ0) is 18.5. The van der Waals surface area contributed by atoms with Crippen molar-refractivity contribution in [3.8, 4) is 5.75 Å². The number of benzene rings is 3. The maximum Gasteiger partial charge on any atom is 0.153 e. The first-order chi connectivity index (χ1) is 13.3. The Morgan fingerprint density at radius 3 is 2.59 bits per heavy atom. The monoisotopic (exact) mass is 356 g/mol. The number of ether oxygens (including phenoxy) is 1. The van der Waals surface area contributed by atoms with Gasteiger partial charge in [-0.2, -0.15) is 5.10 Å². The molecule has 0 saturated heterocycles. The van der Waals surface area contributed by atoms with E-state index in [0.717, 1.165) is 18.3 Å². The molecule has 27 heavy (non-hydrogen) atoms. The Morgan fingerprint density at radius 1 is 0.926 bits per heavy atom. The van der Waals surface area contributed by atoms with Gasteiger partial charge in [0.2, 0.25) is 0 Å². The van der Waals surface area contributed by atoms with Crippen molar-refractivity contribution in [3.63, 3.8) is 0 Å². The van der Waals surface area contributed by atoms with Crippen LogP contribution >= 0.6 is 0 Å². The van der Waals surface area contributed by atoms with Gasteiger partial charge < -0.3 is 4.74 Å². The molecule has 0 saturated carbocycles. The summed E-state index contributed by atoms with van der Waals surface area (Å²) in [5.74, 6) is 0.621. The second-order valence-corrected chi connectivity index (χ2v) is 6.47. The van der Waals surface area contributed by atoms with E-state index in [-0.39, 0.29) is 0 Å². The van der Waals surface area contributed by atoms with E-state index in [1.807, 2.05) is 41.2 Å². The summed E-state index contributed by atoms with van der Waals surface area (Å²) in [7, 11) is 0. The minimum atomic E-state index is 0.518. The van der Waals surface area contributed by atoms with Crippen molar-refractivity contribution in [1.82, 2.24) is 9.78 Å². The van der Waals surface area contributed by atoms with E-state index in [2.05, 4.69) is 35.4 Å². The highest BCUT2D eigenvalue weighted by atomic mass is 16.5. The Hall–Kier alpha value is -3.40. The van der Waals surface area contributed by atoms with Crippen molar-refractivity contribution >= 4 is 17.1 Å². The number of hydrogen-bond donors (Lipinski definition) is 0. The molecule has 0 spiro atoms. The van der Waals surface area contributed by atoms with Crippen LogP contribution in [0.15, 0.2) is 79.1 Å². The highest BCUT2D eigenvalue weighted by Gasteiger charge is 2.06. The Labute approximate surface area is 158 Å². The van der Waals surface area contributed by atoms with E-state index < -0.39 is 0 Å². The fraction of sp³-hybridized carbons (Fsp3) is 0.130. The lowest BCUT2D eigenvalue weighted by atomic mass is 10.1. The van der Waals surface area contributed by atoms with Crippen molar-refractivity contribution in [2.45, 2.75) is 13.0 Å². The van der Waals surface area contributed by atoms with Gasteiger partial charge in [0.05, 0.1) is 18.7 Å². The van der Waals surface area contributed by atoms with Gasteiger partial charge in [-0.25, -0.2) is 0 Å². The van der Waals surface area contributed by atoms with Crippen LogP contribution < -0.4 is 4.74 Å². The van der Waals surface area contributed by atoms with Gasteiger partial charge in [0.25, 0.3) is 0 Å². The average molecular weight is 356 g/mol. The minimum Gasteiger partial charge on any atom is -0.492 e. The Morgan fingerprint density at radius 2 is 1.78 bits per heavy atom. The summed E-state index contributed by atoms with van der Waals surface area (Å²) in [5, 5.41) is 6.68. The van der Waals surface area contributed by atoms with Gasteiger partial charge in [-0.3, -0.25) is 9.48 Å². The molecule has 0 unspecified atom stereocenters. The van der Waals surface area contributed by atoms with Gasteiger partial charge >= 0.3 is 0 Å². The zero-order valence-corrected chi connectivity index (χ0v) is 14.9. The Kier molecular flexibility index (Phi) is 4.97. The molecule has 0 radical (unpaired) electrons. The fourth-order valence-corrected chi connectivity index (χ4v) is 3.15. The van der Waals surface area contributed by atoms with Crippen LogP contribution in [-0.4, -0.2) is 22.7 Å².